The van der Waals surface area contributed by atoms with E-state index in [-0.39, 0.29) is 12.5 Å². The Kier molecular flexibility index (Phi) is 7.57. The quantitative estimate of drug-likeness (QED) is 0.547. The van der Waals surface area contributed by atoms with Crippen LogP contribution in [0.1, 0.15) is 31.2 Å². The molecular weight excluding hydrogens is 226 g/mol. The van der Waals surface area contributed by atoms with Gasteiger partial charge in [-0.3, -0.25) is 4.79 Å². The molecule has 0 aliphatic rings. The van der Waals surface area contributed by atoms with Gasteiger partial charge >= 0.3 is 0 Å². The van der Waals surface area contributed by atoms with Crippen LogP contribution in [0.5, 0.6) is 0 Å². The van der Waals surface area contributed by atoms with Crippen LogP contribution in [0, 0.1) is 0 Å². The summed E-state index contributed by atoms with van der Waals surface area (Å²) in [6, 6.07) is 9.75. The first-order valence-electron chi connectivity index (χ1n) is 6.45. The predicted molar refractivity (Wildman–Crippen MR) is 74.0 cm³/mol. The van der Waals surface area contributed by atoms with Crippen molar-refractivity contribution >= 4 is 12.0 Å². The van der Waals surface area contributed by atoms with Crippen LogP contribution >= 0.6 is 0 Å². The Morgan fingerprint density at radius 1 is 1.11 bits per heavy atom. The van der Waals surface area contributed by atoms with Crippen LogP contribution in [-0.2, 0) is 4.79 Å². The summed E-state index contributed by atoms with van der Waals surface area (Å²) >= 11 is 0. The van der Waals surface area contributed by atoms with Gasteiger partial charge < -0.3 is 10.4 Å². The fourth-order valence-electron chi connectivity index (χ4n) is 1.60. The molecule has 0 spiro atoms. The zero-order valence-corrected chi connectivity index (χ0v) is 10.6. The third-order valence-electron chi connectivity index (χ3n) is 2.61. The molecule has 98 valence electrons. The minimum Gasteiger partial charge on any atom is -0.396 e. The Morgan fingerprint density at radius 3 is 2.56 bits per heavy atom. The number of amides is 1. The molecule has 0 unspecified atom stereocenters. The zero-order valence-electron chi connectivity index (χ0n) is 10.6. The Hall–Kier alpha value is -1.61. The van der Waals surface area contributed by atoms with Crippen molar-refractivity contribution in [1.82, 2.24) is 5.32 Å². The molecule has 0 radical (unpaired) electrons. The Balaban J connectivity index is 2.12. The molecule has 3 nitrogen and oxygen atoms in total. The van der Waals surface area contributed by atoms with Crippen molar-refractivity contribution in [2.75, 3.05) is 13.2 Å². The summed E-state index contributed by atoms with van der Waals surface area (Å²) in [6.07, 6.45) is 7.24. The van der Waals surface area contributed by atoms with Crippen molar-refractivity contribution in [3.8, 4) is 0 Å². The smallest absolute Gasteiger partial charge is 0.243 e. The average Bonchev–Trinajstić information content (AvgIpc) is 2.41. The number of unbranched alkanes of at least 4 members (excludes halogenated alkanes) is 3. The van der Waals surface area contributed by atoms with E-state index in [4.69, 9.17) is 5.11 Å². The second kappa shape index (κ2) is 9.42. The third-order valence-corrected chi connectivity index (χ3v) is 2.61. The molecular formula is C15H21NO2. The highest BCUT2D eigenvalue weighted by molar-refractivity contribution is 5.91. The Bertz CT molecular complexity index is 360. The van der Waals surface area contributed by atoms with Gasteiger partial charge in [-0.15, -0.1) is 0 Å². The van der Waals surface area contributed by atoms with Crippen LogP contribution in [0.25, 0.3) is 6.08 Å². The number of carbonyl (C=O) groups is 1. The summed E-state index contributed by atoms with van der Waals surface area (Å²) < 4.78 is 0. The molecule has 1 rings (SSSR count). The highest BCUT2D eigenvalue weighted by Gasteiger charge is 1.94. The van der Waals surface area contributed by atoms with Crippen molar-refractivity contribution in [3.05, 3.63) is 42.0 Å². The number of aliphatic hydroxyl groups is 1. The summed E-state index contributed by atoms with van der Waals surface area (Å²) in [5.74, 6) is -0.0546. The van der Waals surface area contributed by atoms with Gasteiger partial charge in [0.15, 0.2) is 0 Å². The van der Waals surface area contributed by atoms with Gasteiger partial charge in [-0.25, -0.2) is 0 Å². The number of benzene rings is 1. The van der Waals surface area contributed by atoms with E-state index in [2.05, 4.69) is 5.32 Å². The average molecular weight is 247 g/mol. The van der Waals surface area contributed by atoms with Crippen molar-refractivity contribution < 1.29 is 9.90 Å². The molecule has 1 amide bonds. The molecule has 0 saturated carbocycles. The number of hydrogen-bond acceptors (Lipinski definition) is 2. The van der Waals surface area contributed by atoms with Gasteiger partial charge in [0.2, 0.25) is 5.91 Å². The fraction of sp³-hybridized carbons (Fsp3) is 0.400. The van der Waals surface area contributed by atoms with Gasteiger partial charge in [0.1, 0.15) is 0 Å². The van der Waals surface area contributed by atoms with Gasteiger partial charge in [0, 0.05) is 19.2 Å². The lowest BCUT2D eigenvalue weighted by atomic mass is 10.2. The van der Waals surface area contributed by atoms with Crippen molar-refractivity contribution in [3.63, 3.8) is 0 Å². The van der Waals surface area contributed by atoms with Crippen molar-refractivity contribution in [1.29, 1.82) is 0 Å². The first-order valence-corrected chi connectivity index (χ1v) is 6.45. The van der Waals surface area contributed by atoms with E-state index in [1.165, 1.54) is 0 Å². The minimum absolute atomic E-state index is 0.0546. The first kappa shape index (κ1) is 14.5. The maximum atomic E-state index is 11.5. The van der Waals surface area contributed by atoms with E-state index in [1.807, 2.05) is 30.3 Å². The molecule has 18 heavy (non-hydrogen) atoms. The van der Waals surface area contributed by atoms with E-state index >= 15 is 0 Å². The fourth-order valence-corrected chi connectivity index (χ4v) is 1.60. The lowest BCUT2D eigenvalue weighted by Crippen LogP contribution is -2.21. The molecule has 1 aromatic rings. The SMILES string of the molecule is O=C(/C=C/c1ccccc1)NCCCCCCO. The van der Waals surface area contributed by atoms with E-state index in [0.29, 0.717) is 6.54 Å². The molecule has 3 heteroatoms. The lowest BCUT2D eigenvalue weighted by molar-refractivity contribution is -0.116. The van der Waals surface area contributed by atoms with Crippen LogP contribution in [-0.4, -0.2) is 24.2 Å². The molecule has 0 aliphatic heterocycles. The second-order valence-corrected chi connectivity index (χ2v) is 4.17. The number of nitrogens with one attached hydrogen (secondary N) is 1. The van der Waals surface area contributed by atoms with Crippen molar-refractivity contribution in [2.45, 2.75) is 25.7 Å². The van der Waals surface area contributed by atoms with E-state index < -0.39 is 0 Å². The Morgan fingerprint density at radius 2 is 1.83 bits per heavy atom. The maximum Gasteiger partial charge on any atom is 0.243 e. The van der Waals surface area contributed by atoms with Crippen molar-refractivity contribution in [2.24, 2.45) is 0 Å². The summed E-state index contributed by atoms with van der Waals surface area (Å²) in [4.78, 5) is 11.5. The standard InChI is InChI=1S/C15H21NO2/c17-13-7-2-1-6-12-16-15(18)11-10-14-8-4-3-5-9-14/h3-5,8-11,17H,1-2,6-7,12-13H2,(H,16,18)/b11-10+. The molecule has 0 bridgehead atoms. The number of hydrogen-bond donors (Lipinski definition) is 2. The molecule has 0 heterocycles. The van der Waals surface area contributed by atoms with Gasteiger partial charge in [-0.05, 0) is 24.5 Å². The minimum atomic E-state index is -0.0546. The number of aliphatic hydroxyl groups excluding tert-OH is 1. The van der Waals surface area contributed by atoms with Gasteiger partial charge in [0.05, 0.1) is 0 Å². The number of rotatable bonds is 8. The van der Waals surface area contributed by atoms with Gasteiger partial charge in [-0.1, -0.05) is 43.2 Å². The van der Waals surface area contributed by atoms with E-state index in [0.717, 1.165) is 31.2 Å². The molecule has 1 aromatic carbocycles. The maximum absolute atomic E-state index is 11.5. The van der Waals surface area contributed by atoms with Crippen LogP contribution in [0.15, 0.2) is 36.4 Å². The highest BCUT2D eigenvalue weighted by Crippen LogP contribution is 2.00. The van der Waals surface area contributed by atoms with E-state index in [1.54, 1.807) is 12.2 Å². The number of carbonyl (C=O) groups excluding carboxylic acids is 1. The predicted octanol–water partition coefficient (Wildman–Crippen LogP) is 2.37. The van der Waals surface area contributed by atoms with Crippen LogP contribution in [0.2, 0.25) is 0 Å². The van der Waals surface area contributed by atoms with Crippen LogP contribution in [0.3, 0.4) is 0 Å². The molecule has 0 aromatic heterocycles. The highest BCUT2D eigenvalue weighted by atomic mass is 16.2. The first-order chi connectivity index (χ1) is 8.83. The molecule has 2 N–H and O–H groups in total. The summed E-state index contributed by atoms with van der Waals surface area (Å²) in [5.41, 5.74) is 1.02. The zero-order chi connectivity index (χ0) is 13.1. The molecule has 0 fully saturated rings. The molecule has 0 aliphatic carbocycles. The monoisotopic (exact) mass is 247 g/mol. The van der Waals surface area contributed by atoms with Gasteiger partial charge in [0.25, 0.3) is 0 Å². The van der Waals surface area contributed by atoms with Gasteiger partial charge in [-0.2, -0.15) is 0 Å². The summed E-state index contributed by atoms with van der Waals surface area (Å²) in [7, 11) is 0. The molecule has 0 atom stereocenters. The lowest BCUT2D eigenvalue weighted by Gasteiger charge is -2.01. The second-order valence-electron chi connectivity index (χ2n) is 4.17. The third kappa shape index (κ3) is 6.86. The van der Waals surface area contributed by atoms with Crippen LogP contribution in [0.4, 0.5) is 0 Å². The summed E-state index contributed by atoms with van der Waals surface area (Å²) in [5, 5.41) is 11.5. The molecule has 0 saturated heterocycles. The topological polar surface area (TPSA) is 49.3 Å². The Labute approximate surface area is 109 Å². The van der Waals surface area contributed by atoms with E-state index in [9.17, 15) is 4.79 Å². The largest absolute Gasteiger partial charge is 0.396 e. The summed E-state index contributed by atoms with van der Waals surface area (Å²) in [6.45, 7) is 0.954. The normalized spacial score (nSPS) is 10.7. The van der Waals surface area contributed by atoms with Crippen LogP contribution < -0.4 is 5.32 Å².